The number of hydrogen-bond donors (Lipinski definition) is 2. The Hall–Kier alpha value is -1.16. The number of phenols is 1. The smallest absolute Gasteiger partial charge is 0.267 e. The standard InChI is InChI=1S/C13H19F2NO/c1-7(2)8-5-9(12(14)15)11(17)10(6-8)13(3,4)16/h5-7,12,17H,16H2,1-4H3. The van der Waals surface area contributed by atoms with E-state index < -0.39 is 17.7 Å². The molecule has 0 atom stereocenters. The molecule has 0 fully saturated rings. The molecule has 3 N–H and O–H groups in total. The predicted octanol–water partition coefficient (Wildman–Crippen LogP) is 3.65. The Morgan fingerprint density at radius 3 is 2.12 bits per heavy atom. The fourth-order valence-corrected chi connectivity index (χ4v) is 1.67. The Bertz CT molecular complexity index is 409. The van der Waals surface area contributed by atoms with Crippen molar-refractivity contribution in [3.8, 4) is 5.75 Å². The first-order valence-electron chi connectivity index (χ1n) is 5.59. The van der Waals surface area contributed by atoms with Crippen LogP contribution in [0.15, 0.2) is 12.1 Å². The molecule has 1 aromatic rings. The topological polar surface area (TPSA) is 46.2 Å². The Labute approximate surface area is 100 Å². The van der Waals surface area contributed by atoms with Crippen molar-refractivity contribution in [2.75, 3.05) is 0 Å². The van der Waals surface area contributed by atoms with E-state index in [9.17, 15) is 13.9 Å². The van der Waals surface area contributed by atoms with Gasteiger partial charge in [-0.05, 0) is 37.5 Å². The minimum absolute atomic E-state index is 0.106. The zero-order chi connectivity index (χ0) is 13.4. The number of aromatic hydroxyl groups is 1. The summed E-state index contributed by atoms with van der Waals surface area (Å²) < 4.78 is 25.7. The Morgan fingerprint density at radius 2 is 1.76 bits per heavy atom. The number of alkyl halides is 2. The number of nitrogens with two attached hydrogens (primary N) is 1. The summed E-state index contributed by atoms with van der Waals surface area (Å²) >= 11 is 0. The van der Waals surface area contributed by atoms with Crippen molar-refractivity contribution < 1.29 is 13.9 Å². The maximum absolute atomic E-state index is 12.8. The van der Waals surface area contributed by atoms with Crippen LogP contribution in [0, 0.1) is 0 Å². The van der Waals surface area contributed by atoms with Crippen LogP contribution in [0.3, 0.4) is 0 Å². The van der Waals surface area contributed by atoms with Crippen molar-refractivity contribution in [2.24, 2.45) is 5.73 Å². The van der Waals surface area contributed by atoms with Gasteiger partial charge in [-0.25, -0.2) is 8.78 Å². The van der Waals surface area contributed by atoms with Crippen molar-refractivity contribution in [1.82, 2.24) is 0 Å². The van der Waals surface area contributed by atoms with E-state index in [4.69, 9.17) is 5.73 Å². The van der Waals surface area contributed by atoms with Gasteiger partial charge in [0.25, 0.3) is 6.43 Å². The Balaban J connectivity index is 3.49. The largest absolute Gasteiger partial charge is 0.507 e. The molecule has 1 aromatic carbocycles. The minimum Gasteiger partial charge on any atom is -0.507 e. The maximum Gasteiger partial charge on any atom is 0.267 e. The molecule has 2 nitrogen and oxygen atoms in total. The van der Waals surface area contributed by atoms with E-state index >= 15 is 0 Å². The third kappa shape index (κ3) is 2.94. The molecule has 0 spiro atoms. The SMILES string of the molecule is CC(C)c1cc(C(F)F)c(O)c(C(C)(C)N)c1. The fourth-order valence-electron chi connectivity index (χ4n) is 1.67. The molecule has 0 aliphatic carbocycles. The van der Waals surface area contributed by atoms with Crippen LogP contribution in [-0.4, -0.2) is 5.11 Å². The van der Waals surface area contributed by atoms with Gasteiger partial charge in [-0.3, -0.25) is 0 Å². The molecule has 0 bridgehead atoms. The Kier molecular flexibility index (Phi) is 3.77. The summed E-state index contributed by atoms with van der Waals surface area (Å²) in [6, 6.07) is 3.05. The lowest BCUT2D eigenvalue weighted by molar-refractivity contribution is 0.147. The maximum atomic E-state index is 12.8. The minimum atomic E-state index is -2.70. The first kappa shape index (κ1) is 13.9. The molecule has 96 valence electrons. The summed E-state index contributed by atoms with van der Waals surface area (Å²) in [5, 5.41) is 9.84. The van der Waals surface area contributed by atoms with Gasteiger partial charge in [0.1, 0.15) is 5.75 Å². The highest BCUT2D eigenvalue weighted by molar-refractivity contribution is 5.48. The number of halogens is 2. The van der Waals surface area contributed by atoms with Gasteiger partial charge in [-0.2, -0.15) is 0 Å². The lowest BCUT2D eigenvalue weighted by Gasteiger charge is -2.24. The highest BCUT2D eigenvalue weighted by Crippen LogP contribution is 2.38. The molecule has 17 heavy (non-hydrogen) atoms. The number of phenolic OH excluding ortho intramolecular Hbond substituents is 1. The number of hydrogen-bond acceptors (Lipinski definition) is 2. The van der Waals surface area contributed by atoms with Gasteiger partial charge in [-0.1, -0.05) is 13.8 Å². The molecule has 1 rings (SSSR count). The second-order valence-corrected chi connectivity index (χ2v) is 5.18. The van der Waals surface area contributed by atoms with Crippen LogP contribution < -0.4 is 5.73 Å². The van der Waals surface area contributed by atoms with Gasteiger partial charge < -0.3 is 10.8 Å². The monoisotopic (exact) mass is 243 g/mol. The fraction of sp³-hybridized carbons (Fsp3) is 0.538. The summed E-state index contributed by atoms with van der Waals surface area (Å²) in [5.41, 5.74) is 5.82. The molecule has 4 heteroatoms. The van der Waals surface area contributed by atoms with Gasteiger partial charge in [0, 0.05) is 11.1 Å². The van der Waals surface area contributed by atoms with E-state index in [0.29, 0.717) is 5.56 Å². The van der Waals surface area contributed by atoms with Gasteiger partial charge in [-0.15, -0.1) is 0 Å². The molecule has 0 aromatic heterocycles. The van der Waals surface area contributed by atoms with Crippen molar-refractivity contribution in [3.05, 3.63) is 28.8 Å². The van der Waals surface area contributed by atoms with E-state index in [1.165, 1.54) is 6.07 Å². The molecule has 0 saturated carbocycles. The van der Waals surface area contributed by atoms with Crippen LogP contribution in [0.1, 0.15) is 56.7 Å². The lowest BCUT2D eigenvalue weighted by atomic mass is 9.88. The van der Waals surface area contributed by atoms with E-state index in [-0.39, 0.29) is 11.5 Å². The van der Waals surface area contributed by atoms with Crippen molar-refractivity contribution in [1.29, 1.82) is 0 Å². The zero-order valence-electron chi connectivity index (χ0n) is 10.6. The van der Waals surface area contributed by atoms with Crippen LogP contribution in [-0.2, 0) is 5.54 Å². The average molecular weight is 243 g/mol. The first-order valence-corrected chi connectivity index (χ1v) is 5.59. The van der Waals surface area contributed by atoms with E-state index in [1.807, 2.05) is 13.8 Å². The summed E-state index contributed by atoms with van der Waals surface area (Å²) in [5.74, 6) is -0.286. The van der Waals surface area contributed by atoms with Crippen LogP contribution in [0.25, 0.3) is 0 Å². The summed E-state index contributed by atoms with van der Waals surface area (Å²) in [6.07, 6.45) is -2.70. The van der Waals surface area contributed by atoms with E-state index in [0.717, 1.165) is 5.56 Å². The van der Waals surface area contributed by atoms with Crippen molar-refractivity contribution >= 4 is 0 Å². The van der Waals surface area contributed by atoms with Crippen LogP contribution >= 0.6 is 0 Å². The predicted molar refractivity (Wildman–Crippen MR) is 64.4 cm³/mol. The first-order chi connectivity index (χ1) is 7.64. The van der Waals surface area contributed by atoms with Gasteiger partial charge in [0.2, 0.25) is 0 Å². The second-order valence-electron chi connectivity index (χ2n) is 5.18. The van der Waals surface area contributed by atoms with Gasteiger partial charge in [0.05, 0.1) is 5.56 Å². The van der Waals surface area contributed by atoms with E-state index in [2.05, 4.69) is 0 Å². The normalized spacial score (nSPS) is 12.5. The summed E-state index contributed by atoms with van der Waals surface area (Å²) in [7, 11) is 0. The summed E-state index contributed by atoms with van der Waals surface area (Å²) in [6.45, 7) is 7.19. The van der Waals surface area contributed by atoms with Gasteiger partial charge in [0.15, 0.2) is 0 Å². The average Bonchev–Trinajstić information content (AvgIpc) is 2.15. The van der Waals surface area contributed by atoms with Crippen molar-refractivity contribution in [3.63, 3.8) is 0 Å². The van der Waals surface area contributed by atoms with Gasteiger partial charge >= 0.3 is 0 Å². The van der Waals surface area contributed by atoms with E-state index in [1.54, 1.807) is 19.9 Å². The molecular formula is C13H19F2NO. The third-order valence-corrected chi connectivity index (χ3v) is 2.76. The number of benzene rings is 1. The third-order valence-electron chi connectivity index (χ3n) is 2.76. The molecule has 0 amide bonds. The molecular weight excluding hydrogens is 224 g/mol. The highest BCUT2D eigenvalue weighted by Gasteiger charge is 2.25. The quantitative estimate of drug-likeness (QED) is 0.851. The second kappa shape index (κ2) is 4.61. The van der Waals surface area contributed by atoms with Crippen LogP contribution in [0.2, 0.25) is 0 Å². The number of rotatable bonds is 3. The molecule has 0 heterocycles. The van der Waals surface area contributed by atoms with Crippen molar-refractivity contribution in [2.45, 2.75) is 45.6 Å². The highest BCUT2D eigenvalue weighted by atomic mass is 19.3. The zero-order valence-corrected chi connectivity index (χ0v) is 10.6. The van der Waals surface area contributed by atoms with Crippen LogP contribution in [0.5, 0.6) is 5.75 Å². The Morgan fingerprint density at radius 1 is 1.24 bits per heavy atom. The molecule has 0 aliphatic heterocycles. The van der Waals surface area contributed by atoms with Crippen LogP contribution in [0.4, 0.5) is 8.78 Å². The summed E-state index contributed by atoms with van der Waals surface area (Å²) in [4.78, 5) is 0. The molecule has 0 radical (unpaired) electrons. The lowest BCUT2D eigenvalue weighted by Crippen LogP contribution is -2.29. The molecule has 0 aliphatic rings. The molecule has 0 saturated heterocycles. The molecule has 0 unspecified atom stereocenters.